The van der Waals surface area contributed by atoms with E-state index in [-0.39, 0.29) is 0 Å². The predicted octanol–water partition coefficient (Wildman–Crippen LogP) is 2.10. The fourth-order valence-electron chi connectivity index (χ4n) is 2.79. The molecule has 11 heavy (non-hydrogen) atoms. The monoisotopic (exact) mass is 169 g/mol. The molecule has 0 heterocycles. The highest BCUT2D eigenvalue weighted by atomic mass is 32.1. The second kappa shape index (κ2) is 2.74. The van der Waals surface area contributed by atoms with E-state index in [0.717, 1.165) is 16.8 Å². The summed E-state index contributed by atoms with van der Waals surface area (Å²) in [7, 11) is 0. The molecule has 0 aromatic heterocycles. The van der Waals surface area contributed by atoms with Gasteiger partial charge in [-0.1, -0.05) is 31.5 Å². The van der Waals surface area contributed by atoms with Crippen LogP contribution in [0.5, 0.6) is 0 Å². The normalized spacial score (nSPS) is 42.4. The second-order valence-electron chi connectivity index (χ2n) is 4.02. The van der Waals surface area contributed by atoms with Crippen LogP contribution in [-0.4, -0.2) is 4.99 Å². The van der Waals surface area contributed by atoms with Crippen molar-refractivity contribution < 1.29 is 0 Å². The lowest BCUT2D eigenvalue weighted by molar-refractivity contribution is 0.457. The molecule has 0 spiro atoms. The van der Waals surface area contributed by atoms with E-state index in [1.54, 1.807) is 0 Å². The zero-order valence-electron chi connectivity index (χ0n) is 6.75. The summed E-state index contributed by atoms with van der Waals surface area (Å²) >= 11 is 5.01. The van der Waals surface area contributed by atoms with Gasteiger partial charge in [-0.3, -0.25) is 0 Å². The Bertz CT molecular complexity index is 166. The predicted molar refractivity (Wildman–Crippen MR) is 50.3 cm³/mol. The Morgan fingerprint density at radius 3 is 2.18 bits per heavy atom. The van der Waals surface area contributed by atoms with E-state index in [0.29, 0.717) is 5.92 Å². The molecule has 0 bridgehead atoms. The smallest absolute Gasteiger partial charge is 0.0758 e. The summed E-state index contributed by atoms with van der Waals surface area (Å²) < 4.78 is 0. The van der Waals surface area contributed by atoms with Gasteiger partial charge in [-0.15, -0.1) is 0 Å². The molecular weight excluding hydrogens is 154 g/mol. The number of hydrogen-bond acceptors (Lipinski definition) is 1. The Morgan fingerprint density at radius 2 is 1.73 bits per heavy atom. The lowest BCUT2D eigenvalue weighted by Gasteiger charge is -2.06. The summed E-state index contributed by atoms with van der Waals surface area (Å²) in [5, 5.41) is 0. The lowest BCUT2D eigenvalue weighted by atomic mass is 10.0. The van der Waals surface area contributed by atoms with Crippen LogP contribution in [0.2, 0.25) is 0 Å². The van der Waals surface area contributed by atoms with Gasteiger partial charge in [-0.05, 0) is 24.7 Å². The number of rotatable bonds is 1. The third-order valence-electron chi connectivity index (χ3n) is 3.39. The van der Waals surface area contributed by atoms with E-state index in [9.17, 15) is 0 Å². The van der Waals surface area contributed by atoms with E-state index >= 15 is 0 Å². The highest BCUT2D eigenvalue weighted by Gasteiger charge is 2.37. The average Bonchev–Trinajstić information content (AvgIpc) is 2.40. The standard InChI is InChI=1S/C9H15NS/c10-9(11)8-4-6-2-1-3-7(6)5-8/h6-8H,1-5H2,(H2,10,11). The van der Waals surface area contributed by atoms with Crippen LogP contribution in [0.4, 0.5) is 0 Å². The molecule has 2 unspecified atom stereocenters. The lowest BCUT2D eigenvalue weighted by Crippen LogP contribution is -2.18. The van der Waals surface area contributed by atoms with Crippen molar-refractivity contribution in [2.75, 3.05) is 0 Å². The zero-order valence-corrected chi connectivity index (χ0v) is 7.57. The number of hydrogen-bond donors (Lipinski definition) is 1. The van der Waals surface area contributed by atoms with Crippen molar-refractivity contribution in [2.45, 2.75) is 32.1 Å². The van der Waals surface area contributed by atoms with Crippen molar-refractivity contribution in [3.63, 3.8) is 0 Å². The van der Waals surface area contributed by atoms with Gasteiger partial charge in [0.1, 0.15) is 0 Å². The van der Waals surface area contributed by atoms with Gasteiger partial charge in [-0.2, -0.15) is 0 Å². The molecule has 2 N–H and O–H groups in total. The molecule has 62 valence electrons. The van der Waals surface area contributed by atoms with Crippen molar-refractivity contribution in [1.29, 1.82) is 0 Å². The first-order chi connectivity index (χ1) is 5.27. The van der Waals surface area contributed by atoms with Crippen molar-refractivity contribution in [3.8, 4) is 0 Å². The first-order valence-electron chi connectivity index (χ1n) is 4.56. The van der Waals surface area contributed by atoms with Crippen LogP contribution in [0.3, 0.4) is 0 Å². The minimum absolute atomic E-state index is 0.584. The third-order valence-corrected chi connectivity index (χ3v) is 3.73. The van der Waals surface area contributed by atoms with Crippen LogP contribution in [0, 0.1) is 17.8 Å². The highest BCUT2D eigenvalue weighted by molar-refractivity contribution is 7.80. The molecule has 2 fully saturated rings. The van der Waals surface area contributed by atoms with Gasteiger partial charge in [0, 0.05) is 5.92 Å². The van der Waals surface area contributed by atoms with Crippen LogP contribution in [-0.2, 0) is 0 Å². The largest absolute Gasteiger partial charge is 0.393 e. The van der Waals surface area contributed by atoms with Crippen molar-refractivity contribution in [1.82, 2.24) is 0 Å². The Balaban J connectivity index is 1.99. The van der Waals surface area contributed by atoms with Gasteiger partial charge < -0.3 is 5.73 Å². The van der Waals surface area contributed by atoms with Crippen LogP contribution >= 0.6 is 12.2 Å². The van der Waals surface area contributed by atoms with Crippen molar-refractivity contribution >= 4 is 17.2 Å². The van der Waals surface area contributed by atoms with E-state index in [2.05, 4.69) is 0 Å². The Labute approximate surface area is 73.3 Å². The minimum Gasteiger partial charge on any atom is -0.393 e. The third kappa shape index (κ3) is 1.28. The van der Waals surface area contributed by atoms with Crippen molar-refractivity contribution in [3.05, 3.63) is 0 Å². The summed E-state index contributed by atoms with van der Waals surface area (Å²) in [5.41, 5.74) is 5.63. The molecule has 2 heteroatoms. The van der Waals surface area contributed by atoms with Gasteiger partial charge in [0.2, 0.25) is 0 Å². The average molecular weight is 169 g/mol. The maximum atomic E-state index is 5.63. The van der Waals surface area contributed by atoms with E-state index < -0.39 is 0 Å². The van der Waals surface area contributed by atoms with Gasteiger partial charge in [-0.25, -0.2) is 0 Å². The van der Waals surface area contributed by atoms with Gasteiger partial charge in [0.25, 0.3) is 0 Å². The van der Waals surface area contributed by atoms with E-state index in [1.165, 1.54) is 32.1 Å². The fraction of sp³-hybridized carbons (Fsp3) is 0.889. The molecular formula is C9H15NS. The molecule has 0 aromatic rings. The molecule has 0 aliphatic heterocycles. The van der Waals surface area contributed by atoms with Gasteiger partial charge in [0.15, 0.2) is 0 Å². The summed E-state index contributed by atoms with van der Waals surface area (Å²) in [6.45, 7) is 0. The Hall–Kier alpha value is -0.110. The molecule has 0 amide bonds. The molecule has 2 aliphatic carbocycles. The summed E-state index contributed by atoms with van der Waals surface area (Å²) in [5.74, 6) is 2.53. The second-order valence-corrected chi connectivity index (χ2v) is 4.49. The van der Waals surface area contributed by atoms with Crippen LogP contribution in [0.15, 0.2) is 0 Å². The highest BCUT2D eigenvalue weighted by Crippen LogP contribution is 2.46. The molecule has 1 nitrogen and oxygen atoms in total. The molecule has 2 aliphatic rings. The molecule has 0 radical (unpaired) electrons. The molecule has 0 aromatic carbocycles. The van der Waals surface area contributed by atoms with Gasteiger partial charge in [0.05, 0.1) is 4.99 Å². The van der Waals surface area contributed by atoms with E-state index in [1.807, 2.05) is 0 Å². The summed E-state index contributed by atoms with van der Waals surface area (Å²) in [4.78, 5) is 0.763. The van der Waals surface area contributed by atoms with Gasteiger partial charge >= 0.3 is 0 Å². The fourth-order valence-corrected chi connectivity index (χ4v) is 2.99. The minimum atomic E-state index is 0.584. The number of nitrogens with two attached hydrogens (primary N) is 1. The maximum Gasteiger partial charge on any atom is 0.0758 e. The maximum absolute atomic E-state index is 5.63. The molecule has 2 atom stereocenters. The number of thiocarbonyl (C=S) groups is 1. The first kappa shape index (κ1) is 7.53. The summed E-state index contributed by atoms with van der Waals surface area (Å²) in [6.07, 6.45) is 6.90. The van der Waals surface area contributed by atoms with Crippen LogP contribution in [0.1, 0.15) is 32.1 Å². The Kier molecular flexibility index (Phi) is 1.88. The first-order valence-corrected chi connectivity index (χ1v) is 4.97. The number of fused-ring (bicyclic) bond motifs is 1. The summed E-state index contributed by atoms with van der Waals surface area (Å²) in [6, 6.07) is 0. The molecule has 2 saturated carbocycles. The van der Waals surface area contributed by atoms with Crippen LogP contribution < -0.4 is 5.73 Å². The van der Waals surface area contributed by atoms with E-state index in [4.69, 9.17) is 18.0 Å². The topological polar surface area (TPSA) is 26.0 Å². The zero-order chi connectivity index (χ0) is 7.84. The SMILES string of the molecule is NC(=S)C1CC2CCCC2C1. The van der Waals surface area contributed by atoms with Crippen molar-refractivity contribution in [2.24, 2.45) is 23.5 Å². The molecule has 2 rings (SSSR count). The quantitative estimate of drug-likeness (QED) is 0.608. The van der Waals surface area contributed by atoms with Crippen LogP contribution in [0.25, 0.3) is 0 Å². The molecule has 0 saturated heterocycles. The Morgan fingerprint density at radius 1 is 1.18 bits per heavy atom.